The van der Waals surface area contributed by atoms with Gasteiger partial charge in [0, 0.05) is 24.7 Å². The molecule has 0 aromatic carbocycles. The van der Waals surface area contributed by atoms with E-state index < -0.39 is 5.60 Å². The molecule has 0 spiro atoms. The minimum atomic E-state index is -0.867. The van der Waals surface area contributed by atoms with E-state index >= 15 is 0 Å². The molecule has 1 aromatic heterocycles. The lowest BCUT2D eigenvalue weighted by molar-refractivity contribution is -0.0325. The molecule has 1 aromatic rings. The highest BCUT2D eigenvalue weighted by atomic mass is 32.1. The summed E-state index contributed by atoms with van der Waals surface area (Å²) < 4.78 is 0. The number of rotatable bonds is 2. The Morgan fingerprint density at radius 3 is 2.71 bits per heavy atom. The van der Waals surface area contributed by atoms with Crippen LogP contribution in [-0.2, 0) is 0 Å². The van der Waals surface area contributed by atoms with Gasteiger partial charge in [-0.2, -0.15) is 0 Å². The topological polar surface area (TPSA) is 56.6 Å². The third-order valence-electron chi connectivity index (χ3n) is 2.68. The van der Waals surface area contributed by atoms with Crippen molar-refractivity contribution in [2.45, 2.75) is 18.4 Å². The van der Waals surface area contributed by atoms with E-state index in [-0.39, 0.29) is 6.61 Å². The summed E-state index contributed by atoms with van der Waals surface area (Å²) in [6, 6.07) is 0. The van der Waals surface area contributed by atoms with Crippen molar-refractivity contribution in [3.63, 3.8) is 0 Å². The zero-order valence-corrected chi connectivity index (χ0v) is 8.70. The fourth-order valence-electron chi connectivity index (χ4n) is 1.64. The molecule has 0 unspecified atom stereocenters. The highest BCUT2D eigenvalue weighted by Gasteiger charge is 2.32. The van der Waals surface area contributed by atoms with Gasteiger partial charge >= 0.3 is 0 Å². The lowest BCUT2D eigenvalue weighted by Crippen LogP contribution is -2.46. The number of thiazole rings is 1. The summed E-state index contributed by atoms with van der Waals surface area (Å²) in [6.07, 6.45) is 3.01. The van der Waals surface area contributed by atoms with Gasteiger partial charge in [0.2, 0.25) is 0 Å². The number of aliphatic hydroxyl groups excluding tert-OH is 1. The van der Waals surface area contributed by atoms with E-state index in [1.54, 1.807) is 17.5 Å². The summed E-state index contributed by atoms with van der Waals surface area (Å²) in [5, 5.41) is 21.7. The van der Waals surface area contributed by atoms with Crippen LogP contribution in [0.4, 0.5) is 5.13 Å². The monoisotopic (exact) mass is 214 g/mol. The number of anilines is 1. The number of nitrogens with zero attached hydrogens (tertiary/aromatic N) is 2. The molecule has 0 aliphatic carbocycles. The van der Waals surface area contributed by atoms with Crippen LogP contribution in [0.25, 0.3) is 0 Å². The van der Waals surface area contributed by atoms with Gasteiger partial charge in [-0.15, -0.1) is 11.3 Å². The second-order valence-corrected chi connectivity index (χ2v) is 4.56. The molecule has 1 aliphatic rings. The maximum Gasteiger partial charge on any atom is 0.185 e. The predicted molar refractivity (Wildman–Crippen MR) is 55.6 cm³/mol. The van der Waals surface area contributed by atoms with Crippen LogP contribution in [0.3, 0.4) is 0 Å². The van der Waals surface area contributed by atoms with Crippen LogP contribution in [0, 0.1) is 0 Å². The van der Waals surface area contributed by atoms with Crippen LogP contribution >= 0.6 is 11.3 Å². The molecule has 5 heteroatoms. The van der Waals surface area contributed by atoms with Crippen LogP contribution in [0.1, 0.15) is 12.8 Å². The second-order valence-electron chi connectivity index (χ2n) is 3.68. The molecule has 4 nitrogen and oxygen atoms in total. The van der Waals surface area contributed by atoms with Crippen LogP contribution in [0.15, 0.2) is 11.6 Å². The maximum atomic E-state index is 9.80. The minimum Gasteiger partial charge on any atom is -0.393 e. The van der Waals surface area contributed by atoms with Gasteiger partial charge in [0.05, 0.1) is 12.2 Å². The van der Waals surface area contributed by atoms with Crippen molar-refractivity contribution in [1.82, 2.24) is 4.98 Å². The summed E-state index contributed by atoms with van der Waals surface area (Å²) in [5.41, 5.74) is -0.867. The zero-order valence-electron chi connectivity index (χ0n) is 7.89. The average Bonchev–Trinajstić information content (AvgIpc) is 2.72. The van der Waals surface area contributed by atoms with Crippen molar-refractivity contribution in [3.05, 3.63) is 11.6 Å². The SMILES string of the molecule is OCC1(O)CCN(c2nccs2)CC1. The molecule has 0 saturated carbocycles. The van der Waals surface area contributed by atoms with Crippen molar-refractivity contribution in [2.24, 2.45) is 0 Å². The Labute approximate surface area is 86.8 Å². The van der Waals surface area contributed by atoms with E-state index in [4.69, 9.17) is 5.11 Å². The first-order valence-electron chi connectivity index (χ1n) is 4.71. The molecule has 2 heterocycles. The van der Waals surface area contributed by atoms with E-state index in [0.29, 0.717) is 12.8 Å². The van der Waals surface area contributed by atoms with Crippen molar-refractivity contribution >= 4 is 16.5 Å². The molecule has 78 valence electrons. The van der Waals surface area contributed by atoms with Crippen LogP contribution in [0.2, 0.25) is 0 Å². The normalized spacial score (nSPS) is 21.1. The van der Waals surface area contributed by atoms with Gasteiger partial charge in [-0.1, -0.05) is 0 Å². The molecule has 2 rings (SSSR count). The molecule has 1 aliphatic heterocycles. The van der Waals surface area contributed by atoms with E-state index in [2.05, 4.69) is 9.88 Å². The summed E-state index contributed by atoms with van der Waals surface area (Å²) >= 11 is 1.61. The minimum absolute atomic E-state index is 0.140. The predicted octanol–water partition coefficient (Wildman–Crippen LogP) is 0.467. The number of aromatic nitrogens is 1. The molecule has 2 N–H and O–H groups in total. The third-order valence-corrected chi connectivity index (χ3v) is 3.51. The summed E-state index contributed by atoms with van der Waals surface area (Å²) in [7, 11) is 0. The number of aliphatic hydroxyl groups is 2. The molecule has 1 fully saturated rings. The van der Waals surface area contributed by atoms with Crippen LogP contribution in [-0.4, -0.2) is 40.5 Å². The first-order valence-corrected chi connectivity index (χ1v) is 5.59. The molecule has 14 heavy (non-hydrogen) atoms. The molecule has 0 radical (unpaired) electrons. The lowest BCUT2D eigenvalue weighted by atomic mass is 9.93. The van der Waals surface area contributed by atoms with Gasteiger partial charge in [0.15, 0.2) is 5.13 Å². The van der Waals surface area contributed by atoms with Gasteiger partial charge in [-0.3, -0.25) is 0 Å². The average molecular weight is 214 g/mol. The van der Waals surface area contributed by atoms with Gasteiger partial charge in [0.1, 0.15) is 0 Å². The Morgan fingerprint density at radius 1 is 1.50 bits per heavy atom. The highest BCUT2D eigenvalue weighted by molar-refractivity contribution is 7.13. The number of hydrogen-bond acceptors (Lipinski definition) is 5. The molecular formula is C9H14N2O2S. The molecule has 0 atom stereocenters. The van der Waals surface area contributed by atoms with Crippen LogP contribution < -0.4 is 4.90 Å². The lowest BCUT2D eigenvalue weighted by Gasteiger charge is -2.36. The smallest absolute Gasteiger partial charge is 0.185 e. The van der Waals surface area contributed by atoms with Crippen molar-refractivity contribution in [3.8, 4) is 0 Å². The fraction of sp³-hybridized carbons (Fsp3) is 0.667. The van der Waals surface area contributed by atoms with Gasteiger partial charge in [-0.25, -0.2) is 4.98 Å². The van der Waals surface area contributed by atoms with Crippen molar-refractivity contribution in [2.75, 3.05) is 24.6 Å². The Balaban J connectivity index is 1.97. The Kier molecular flexibility index (Phi) is 2.71. The van der Waals surface area contributed by atoms with E-state index in [1.165, 1.54) is 0 Å². The fourth-order valence-corrected chi connectivity index (χ4v) is 2.34. The van der Waals surface area contributed by atoms with Gasteiger partial charge in [-0.05, 0) is 12.8 Å². The van der Waals surface area contributed by atoms with Crippen molar-refractivity contribution in [1.29, 1.82) is 0 Å². The van der Waals surface area contributed by atoms with E-state index in [1.807, 2.05) is 5.38 Å². The molecular weight excluding hydrogens is 200 g/mol. The molecule has 0 bridgehead atoms. The largest absolute Gasteiger partial charge is 0.393 e. The van der Waals surface area contributed by atoms with Crippen molar-refractivity contribution < 1.29 is 10.2 Å². The second kappa shape index (κ2) is 3.84. The van der Waals surface area contributed by atoms with Gasteiger partial charge in [0.25, 0.3) is 0 Å². The standard InChI is InChI=1S/C9H14N2O2S/c12-7-9(13)1-4-11(5-2-9)8-10-3-6-14-8/h3,6,12-13H,1-2,4-5,7H2. The van der Waals surface area contributed by atoms with Crippen LogP contribution in [0.5, 0.6) is 0 Å². The van der Waals surface area contributed by atoms with E-state index in [9.17, 15) is 5.11 Å². The Bertz CT molecular complexity index is 281. The maximum absolute atomic E-state index is 9.80. The summed E-state index contributed by atoms with van der Waals surface area (Å²) in [4.78, 5) is 6.36. The number of hydrogen-bond donors (Lipinski definition) is 2. The Hall–Kier alpha value is -0.650. The molecule has 0 amide bonds. The van der Waals surface area contributed by atoms with E-state index in [0.717, 1.165) is 18.2 Å². The molecule has 1 saturated heterocycles. The highest BCUT2D eigenvalue weighted by Crippen LogP contribution is 2.26. The van der Waals surface area contributed by atoms with Gasteiger partial charge < -0.3 is 15.1 Å². The zero-order chi connectivity index (χ0) is 10.0. The summed E-state index contributed by atoms with van der Waals surface area (Å²) in [5.74, 6) is 0. The first kappa shape index (κ1) is 9.89. The third kappa shape index (κ3) is 1.89. The Morgan fingerprint density at radius 2 is 2.21 bits per heavy atom. The first-order chi connectivity index (χ1) is 6.73. The quantitative estimate of drug-likeness (QED) is 0.751. The number of piperidine rings is 1. The summed E-state index contributed by atoms with van der Waals surface area (Å²) in [6.45, 7) is 1.40.